The average Bonchev–Trinajstić information content (AvgIpc) is 3.42. The van der Waals surface area contributed by atoms with Gasteiger partial charge in [0.15, 0.2) is 0 Å². The van der Waals surface area contributed by atoms with E-state index in [-0.39, 0.29) is 33.9 Å². The molecule has 0 bridgehead atoms. The number of anilines is 3. The number of aromatic nitrogens is 2. The van der Waals surface area contributed by atoms with Crippen molar-refractivity contribution in [2.45, 2.75) is 131 Å². The fourth-order valence-electron chi connectivity index (χ4n) is 13.0. The van der Waals surface area contributed by atoms with E-state index in [4.69, 9.17) is 0 Å². The highest BCUT2D eigenvalue weighted by Crippen LogP contribution is 2.53. The van der Waals surface area contributed by atoms with Gasteiger partial charge in [0.05, 0.1) is 16.7 Å². The van der Waals surface area contributed by atoms with Crippen LogP contribution in [0, 0.1) is 0 Å². The van der Waals surface area contributed by atoms with Crippen molar-refractivity contribution in [3.05, 3.63) is 204 Å². The third kappa shape index (κ3) is 7.75. The normalized spacial score (nSPS) is 13.8. The lowest BCUT2D eigenvalue weighted by molar-refractivity contribution is 0.589. The second kappa shape index (κ2) is 17.0. The van der Waals surface area contributed by atoms with Gasteiger partial charge in [0.2, 0.25) is 0 Å². The van der Waals surface area contributed by atoms with Crippen molar-refractivity contribution in [2.75, 3.05) is 4.90 Å². The van der Waals surface area contributed by atoms with Gasteiger partial charge in [0, 0.05) is 60.9 Å². The van der Waals surface area contributed by atoms with Gasteiger partial charge in [-0.15, -0.1) is 0 Å². The van der Waals surface area contributed by atoms with Crippen LogP contribution in [0.15, 0.2) is 176 Å². The second-order valence-electron chi connectivity index (χ2n) is 27.9. The summed E-state index contributed by atoms with van der Waals surface area (Å²) in [7, 11) is 0. The maximum atomic E-state index is 2.81. The Labute approximate surface area is 463 Å². The molecule has 9 aromatic carbocycles. The van der Waals surface area contributed by atoms with Crippen LogP contribution in [0.3, 0.4) is 0 Å². The number of rotatable bonds is 4. The van der Waals surface area contributed by atoms with Crippen molar-refractivity contribution in [3.8, 4) is 39.2 Å². The first kappa shape index (κ1) is 50.0. The minimum atomic E-state index is -0.162. The van der Waals surface area contributed by atoms with Crippen LogP contribution in [0.5, 0.6) is 0 Å². The lowest BCUT2D eigenvalue weighted by Crippen LogP contribution is -2.57. The Morgan fingerprint density at radius 1 is 0.372 bits per heavy atom. The van der Waals surface area contributed by atoms with Crippen molar-refractivity contribution >= 4 is 78.3 Å². The second-order valence-corrected chi connectivity index (χ2v) is 27.9. The first-order valence-corrected chi connectivity index (χ1v) is 28.5. The van der Waals surface area contributed by atoms with Crippen molar-refractivity contribution in [3.63, 3.8) is 0 Å². The Morgan fingerprint density at radius 2 is 0.910 bits per heavy atom. The Morgan fingerprint density at radius 3 is 1.51 bits per heavy atom. The monoisotopic (exact) mass is 1020 g/mol. The molecule has 3 nitrogen and oxygen atoms in total. The molecule has 4 heteroatoms. The van der Waals surface area contributed by atoms with Crippen LogP contribution in [0.2, 0.25) is 0 Å². The Bertz CT molecular complexity index is 4230. The standard InChI is InChI=1S/C74H74BN3/c1-70(2,3)48-30-25-45(26-31-48)65-60-42-51(73(10,11)12)41-59-58-40-52(74(13,14)15)43-64-66(58)75(78(68(59)60)67(65)46-27-32-49(33-28-46)71(4,5)6)61-38-29-47-39-63-57(55-23-19-20-24-62(55)76(63)53-21-17-16-18-22-53)44-56(47)69(61)77(64)54-36-34-50(35-37-54)72(7,8)9/h16-44H,1-15H3. The quantitative estimate of drug-likeness (QED) is 0.160. The number of hydrogen-bond acceptors (Lipinski definition) is 1. The molecule has 0 fully saturated rings. The molecule has 0 unspecified atom stereocenters. The van der Waals surface area contributed by atoms with Gasteiger partial charge >= 0.3 is 6.85 Å². The molecule has 0 saturated heterocycles. The van der Waals surface area contributed by atoms with Crippen LogP contribution in [-0.4, -0.2) is 15.9 Å². The molecule has 388 valence electrons. The lowest BCUT2D eigenvalue weighted by Gasteiger charge is -2.42. The predicted molar refractivity (Wildman–Crippen MR) is 339 cm³/mol. The summed E-state index contributed by atoms with van der Waals surface area (Å²) < 4.78 is 5.26. The average molecular weight is 1020 g/mol. The van der Waals surface area contributed by atoms with E-state index in [1.165, 1.54) is 133 Å². The van der Waals surface area contributed by atoms with Gasteiger partial charge in [-0.2, -0.15) is 0 Å². The molecule has 0 spiro atoms. The molecule has 0 N–H and O–H groups in total. The SMILES string of the molecule is CC(C)(C)c1ccc(-c2c(-c3ccc(C(C)(C)C)cc3)n3c4c(cc(C(C)(C)C)cc24)-c2cc(C(C)(C)C)cc4c2B3c2ccc3cc5c(cc3c2N4c2ccc(C(C)(C)C)cc2)c2ccccc2n5-c2ccccc2)cc1. The van der Waals surface area contributed by atoms with Gasteiger partial charge in [0.25, 0.3) is 0 Å². The van der Waals surface area contributed by atoms with Crippen LogP contribution in [0.4, 0.5) is 17.1 Å². The summed E-state index contributed by atoms with van der Waals surface area (Å²) in [6.07, 6.45) is 0. The van der Waals surface area contributed by atoms with Gasteiger partial charge in [-0.3, -0.25) is 0 Å². The maximum absolute atomic E-state index is 2.81. The van der Waals surface area contributed by atoms with E-state index in [9.17, 15) is 0 Å². The molecule has 0 saturated carbocycles. The number of hydrogen-bond donors (Lipinski definition) is 0. The summed E-state index contributed by atoms with van der Waals surface area (Å²) in [5, 5.41) is 6.27. The minimum Gasteiger partial charge on any atom is -0.375 e. The van der Waals surface area contributed by atoms with Gasteiger partial charge in [-0.05, 0) is 149 Å². The Kier molecular flexibility index (Phi) is 10.9. The molecule has 78 heavy (non-hydrogen) atoms. The first-order valence-electron chi connectivity index (χ1n) is 28.5. The summed E-state index contributed by atoms with van der Waals surface area (Å²) in [6.45, 7) is 35.0. The lowest BCUT2D eigenvalue weighted by atomic mass is 9.44. The molecule has 4 heterocycles. The molecule has 2 aliphatic rings. The zero-order valence-corrected chi connectivity index (χ0v) is 48.7. The number of para-hydroxylation sites is 2. The summed E-state index contributed by atoms with van der Waals surface area (Å²) in [6, 6.07) is 68.7. The van der Waals surface area contributed by atoms with Crippen molar-refractivity contribution < 1.29 is 0 Å². The van der Waals surface area contributed by atoms with Gasteiger partial charge in [0.1, 0.15) is 0 Å². The number of benzene rings is 9. The molecule has 0 radical (unpaired) electrons. The molecule has 0 aliphatic carbocycles. The van der Waals surface area contributed by atoms with E-state index >= 15 is 0 Å². The summed E-state index contributed by atoms with van der Waals surface area (Å²) in [5.74, 6) is 0. The summed E-state index contributed by atoms with van der Waals surface area (Å²) >= 11 is 0. The highest BCUT2D eigenvalue weighted by atomic mass is 15.2. The van der Waals surface area contributed by atoms with Gasteiger partial charge in [-0.1, -0.05) is 219 Å². The molecule has 2 aliphatic heterocycles. The van der Waals surface area contributed by atoms with Crippen molar-refractivity contribution in [1.82, 2.24) is 9.05 Å². The van der Waals surface area contributed by atoms with Crippen LogP contribution in [0.25, 0.3) is 82.7 Å². The van der Waals surface area contributed by atoms with Gasteiger partial charge < -0.3 is 13.9 Å². The largest absolute Gasteiger partial charge is 0.375 e. The van der Waals surface area contributed by atoms with Crippen LogP contribution >= 0.6 is 0 Å². The van der Waals surface area contributed by atoms with Crippen LogP contribution in [0.1, 0.15) is 132 Å². The van der Waals surface area contributed by atoms with Gasteiger partial charge in [-0.25, -0.2) is 0 Å². The van der Waals surface area contributed by atoms with E-state index in [0.717, 1.165) is 5.69 Å². The zero-order chi connectivity index (χ0) is 54.7. The highest BCUT2D eigenvalue weighted by Gasteiger charge is 2.46. The first-order chi connectivity index (χ1) is 36.9. The molecule has 0 atom stereocenters. The smallest absolute Gasteiger partial charge is 0.333 e. The molecular weight excluding hydrogens is 942 g/mol. The van der Waals surface area contributed by atoms with Crippen molar-refractivity contribution in [2.24, 2.45) is 0 Å². The van der Waals surface area contributed by atoms with Crippen LogP contribution < -0.4 is 15.8 Å². The highest BCUT2D eigenvalue weighted by molar-refractivity contribution is 6.90. The number of nitrogens with zero attached hydrogens (tertiary/aromatic N) is 3. The third-order valence-electron chi connectivity index (χ3n) is 17.5. The van der Waals surface area contributed by atoms with E-state index in [1.807, 2.05) is 0 Å². The fraction of sp³-hybridized carbons (Fsp3) is 0.270. The van der Waals surface area contributed by atoms with E-state index in [1.54, 1.807) is 0 Å². The number of fused-ring (bicyclic) bond motifs is 9. The summed E-state index contributed by atoms with van der Waals surface area (Å²) in [4.78, 5) is 2.67. The fourth-order valence-corrected chi connectivity index (χ4v) is 13.0. The molecule has 2 aromatic heterocycles. The Balaban J connectivity index is 1.22. The van der Waals surface area contributed by atoms with E-state index < -0.39 is 0 Å². The van der Waals surface area contributed by atoms with E-state index in [2.05, 4.69) is 294 Å². The predicted octanol–water partition coefficient (Wildman–Crippen LogP) is 19.1. The topological polar surface area (TPSA) is 13.1 Å². The van der Waals surface area contributed by atoms with E-state index in [0.29, 0.717) is 0 Å². The molecule has 11 aromatic rings. The minimum absolute atomic E-state index is 0.000537. The van der Waals surface area contributed by atoms with Crippen LogP contribution in [-0.2, 0) is 27.1 Å². The zero-order valence-electron chi connectivity index (χ0n) is 48.7. The maximum Gasteiger partial charge on any atom is 0.333 e. The van der Waals surface area contributed by atoms with Crippen molar-refractivity contribution in [1.29, 1.82) is 0 Å². The Hall–Kier alpha value is -7.56. The molecule has 13 rings (SSSR count). The molecular formula is C74H74BN3. The third-order valence-corrected chi connectivity index (χ3v) is 17.5. The summed E-state index contributed by atoms with van der Waals surface area (Å²) in [5.41, 5.74) is 25.3. The molecule has 0 amide bonds.